The van der Waals surface area contributed by atoms with Crippen LogP contribution in [0.5, 0.6) is 0 Å². The van der Waals surface area contributed by atoms with E-state index in [1.54, 1.807) is 0 Å². The highest BCUT2D eigenvalue weighted by Crippen LogP contribution is 2.36. The van der Waals surface area contributed by atoms with Gasteiger partial charge in [0.1, 0.15) is 17.0 Å². The summed E-state index contributed by atoms with van der Waals surface area (Å²) in [5.74, 6) is 3.92. The second-order valence-corrected chi connectivity index (χ2v) is 15.5. The van der Waals surface area contributed by atoms with Gasteiger partial charge in [0.15, 0.2) is 29.1 Å². The van der Waals surface area contributed by atoms with Crippen LogP contribution in [0, 0.1) is 13.8 Å². The molecule has 0 saturated heterocycles. The van der Waals surface area contributed by atoms with E-state index in [0.717, 1.165) is 83.1 Å². The number of aryl methyl sites for hydroxylation is 2. The molecule has 10 aromatic rings. The number of rotatable bonds is 10. The minimum Gasteiger partial charge on any atom is -0.456 e. The predicted molar refractivity (Wildman–Crippen MR) is 256 cm³/mol. The van der Waals surface area contributed by atoms with Gasteiger partial charge in [-0.05, 0) is 84.5 Å². The molecule has 7 aromatic carbocycles. The van der Waals surface area contributed by atoms with E-state index in [9.17, 15) is 0 Å². The van der Waals surface area contributed by atoms with Crippen molar-refractivity contribution in [3.63, 3.8) is 0 Å². The van der Waals surface area contributed by atoms with E-state index < -0.39 is 0 Å². The van der Waals surface area contributed by atoms with Crippen molar-refractivity contribution in [3.8, 4) is 68.1 Å². The average Bonchev–Trinajstić information content (AvgIpc) is 3.71. The molecule has 0 fully saturated rings. The lowest BCUT2D eigenvalue weighted by atomic mass is 9.98. The Kier molecular flexibility index (Phi) is 10.6. The van der Waals surface area contributed by atoms with Gasteiger partial charge in [0.2, 0.25) is 0 Å². The standard InChI is InChI=1S/C56H42N6O/c1-4-16-38(29-32-51-57-52(39-19-7-5-8-20-39)60-55(58-51)45-25-13-11-17-36(45)2)42-27-30-49-47(34-42)48-35-43(28-31-50(48)63-49)41-23-15-24-44(33-41)54-59-53(40-21-9-6-10-22-40)61-56(62-54)46-26-14-12-18-37(46)3/h4-31,33-35H,32H2,1-3H3/b16-4-,38-29+. The average molecular weight is 815 g/mol. The van der Waals surface area contributed by atoms with Crippen LogP contribution in [0.1, 0.15) is 29.4 Å². The van der Waals surface area contributed by atoms with Crippen molar-refractivity contribution in [1.29, 1.82) is 0 Å². The summed E-state index contributed by atoms with van der Waals surface area (Å²) >= 11 is 0. The van der Waals surface area contributed by atoms with E-state index in [1.807, 2.05) is 91.9 Å². The zero-order valence-electron chi connectivity index (χ0n) is 35.2. The predicted octanol–water partition coefficient (Wildman–Crippen LogP) is 13.8. The largest absolute Gasteiger partial charge is 0.456 e. The molecule has 302 valence electrons. The van der Waals surface area contributed by atoms with Gasteiger partial charge >= 0.3 is 0 Å². The molecule has 7 nitrogen and oxygen atoms in total. The van der Waals surface area contributed by atoms with Crippen LogP contribution in [0.15, 0.2) is 193 Å². The van der Waals surface area contributed by atoms with Crippen LogP contribution >= 0.6 is 0 Å². The molecule has 0 spiro atoms. The van der Waals surface area contributed by atoms with Gasteiger partial charge in [0, 0.05) is 45.0 Å². The van der Waals surface area contributed by atoms with Crippen LogP contribution < -0.4 is 0 Å². The second kappa shape index (κ2) is 17.1. The first kappa shape index (κ1) is 39.0. The summed E-state index contributed by atoms with van der Waals surface area (Å²) in [6.45, 7) is 6.21. The quantitative estimate of drug-likeness (QED) is 0.127. The molecule has 0 aliphatic heterocycles. The number of hydrogen-bond acceptors (Lipinski definition) is 7. The van der Waals surface area contributed by atoms with Gasteiger partial charge in [-0.15, -0.1) is 0 Å². The van der Waals surface area contributed by atoms with E-state index in [0.29, 0.717) is 41.4 Å². The van der Waals surface area contributed by atoms with Gasteiger partial charge in [-0.2, -0.15) is 0 Å². The van der Waals surface area contributed by atoms with E-state index in [2.05, 4.69) is 117 Å². The summed E-state index contributed by atoms with van der Waals surface area (Å²) in [4.78, 5) is 29.8. The number of furan rings is 1. The molecule has 0 aliphatic rings. The van der Waals surface area contributed by atoms with Crippen molar-refractivity contribution in [1.82, 2.24) is 29.9 Å². The molecular formula is C56H42N6O. The van der Waals surface area contributed by atoms with E-state index in [-0.39, 0.29) is 0 Å². The van der Waals surface area contributed by atoms with Crippen molar-refractivity contribution in [2.45, 2.75) is 27.2 Å². The normalized spacial score (nSPS) is 11.8. The zero-order chi connectivity index (χ0) is 42.7. The molecule has 0 unspecified atom stereocenters. The molecule has 0 N–H and O–H groups in total. The third kappa shape index (κ3) is 8.08. The number of hydrogen-bond donors (Lipinski definition) is 0. The Balaban J connectivity index is 1.01. The Morgan fingerprint density at radius 2 is 0.937 bits per heavy atom. The van der Waals surface area contributed by atoms with Gasteiger partial charge < -0.3 is 4.42 Å². The summed E-state index contributed by atoms with van der Waals surface area (Å²) in [6.07, 6.45) is 6.92. The maximum Gasteiger partial charge on any atom is 0.164 e. The van der Waals surface area contributed by atoms with Crippen LogP contribution in [0.4, 0.5) is 0 Å². The summed E-state index contributed by atoms with van der Waals surface area (Å²) in [6, 6.07) is 57.8. The summed E-state index contributed by atoms with van der Waals surface area (Å²) in [7, 11) is 0. The highest BCUT2D eigenvalue weighted by atomic mass is 16.3. The highest BCUT2D eigenvalue weighted by Gasteiger charge is 2.17. The smallest absolute Gasteiger partial charge is 0.164 e. The summed E-state index contributed by atoms with van der Waals surface area (Å²) in [5.41, 5.74) is 12.9. The topological polar surface area (TPSA) is 90.5 Å². The lowest BCUT2D eigenvalue weighted by Gasteiger charge is -2.11. The lowest BCUT2D eigenvalue weighted by molar-refractivity contribution is 0.669. The third-order valence-electron chi connectivity index (χ3n) is 11.3. The molecule has 63 heavy (non-hydrogen) atoms. The third-order valence-corrected chi connectivity index (χ3v) is 11.3. The molecule has 0 amide bonds. The van der Waals surface area contributed by atoms with E-state index in [1.165, 1.54) is 0 Å². The van der Waals surface area contributed by atoms with Gasteiger partial charge in [0.05, 0.1) is 0 Å². The number of benzene rings is 7. The summed E-state index contributed by atoms with van der Waals surface area (Å²) < 4.78 is 6.41. The Hall–Kier alpha value is -8.16. The number of fused-ring (bicyclic) bond motifs is 3. The first-order valence-electron chi connectivity index (χ1n) is 21.1. The maximum absolute atomic E-state index is 6.41. The monoisotopic (exact) mass is 814 g/mol. The van der Waals surface area contributed by atoms with Crippen LogP contribution in [0.25, 0.3) is 95.6 Å². The molecular weight excluding hydrogens is 773 g/mol. The van der Waals surface area contributed by atoms with Crippen LogP contribution in [-0.4, -0.2) is 29.9 Å². The Morgan fingerprint density at radius 3 is 1.59 bits per heavy atom. The van der Waals surface area contributed by atoms with Gasteiger partial charge in [-0.1, -0.05) is 158 Å². The Morgan fingerprint density at radius 1 is 0.444 bits per heavy atom. The molecule has 0 aliphatic carbocycles. The maximum atomic E-state index is 6.41. The van der Waals surface area contributed by atoms with Crippen molar-refractivity contribution in [2.75, 3.05) is 0 Å². The molecule has 0 saturated carbocycles. The first-order valence-corrected chi connectivity index (χ1v) is 21.1. The molecule has 3 heterocycles. The molecule has 0 atom stereocenters. The zero-order valence-corrected chi connectivity index (χ0v) is 35.2. The van der Waals surface area contributed by atoms with Crippen molar-refractivity contribution in [3.05, 3.63) is 211 Å². The number of allylic oxidation sites excluding steroid dienone is 4. The molecule has 7 heteroatoms. The number of aromatic nitrogens is 6. The number of nitrogens with zero attached hydrogens (tertiary/aromatic N) is 6. The van der Waals surface area contributed by atoms with Crippen LogP contribution in [0.3, 0.4) is 0 Å². The minimum absolute atomic E-state index is 0.520. The highest BCUT2D eigenvalue weighted by molar-refractivity contribution is 6.07. The van der Waals surface area contributed by atoms with Gasteiger partial charge in [0.25, 0.3) is 0 Å². The van der Waals surface area contributed by atoms with E-state index >= 15 is 0 Å². The molecule has 0 radical (unpaired) electrons. The lowest BCUT2D eigenvalue weighted by Crippen LogP contribution is -2.03. The van der Waals surface area contributed by atoms with Crippen molar-refractivity contribution in [2.24, 2.45) is 0 Å². The Bertz CT molecular complexity index is 3350. The first-order chi connectivity index (χ1) is 31.0. The second-order valence-electron chi connectivity index (χ2n) is 15.5. The minimum atomic E-state index is 0.520. The van der Waals surface area contributed by atoms with E-state index in [4.69, 9.17) is 34.3 Å². The fraction of sp³-hybridized carbons (Fsp3) is 0.0714. The molecule has 0 bridgehead atoms. The van der Waals surface area contributed by atoms with Crippen molar-refractivity contribution >= 4 is 27.5 Å². The van der Waals surface area contributed by atoms with Crippen LogP contribution in [-0.2, 0) is 6.42 Å². The van der Waals surface area contributed by atoms with Gasteiger partial charge in [-0.25, -0.2) is 29.9 Å². The van der Waals surface area contributed by atoms with Crippen LogP contribution in [0.2, 0.25) is 0 Å². The molecule has 3 aromatic heterocycles. The molecule has 10 rings (SSSR count). The fourth-order valence-electron chi connectivity index (χ4n) is 7.97. The Labute approximate surface area is 366 Å². The van der Waals surface area contributed by atoms with Crippen molar-refractivity contribution < 1.29 is 4.42 Å². The van der Waals surface area contributed by atoms with Gasteiger partial charge in [-0.3, -0.25) is 0 Å². The SMILES string of the molecule is C/C=C\C(=C/Cc1nc(-c2ccccc2)nc(-c2ccccc2C)n1)c1ccc2oc3ccc(-c4cccc(-c5nc(-c6ccccc6)nc(-c6ccccc6C)n5)c4)cc3c2c1. The summed E-state index contributed by atoms with van der Waals surface area (Å²) in [5, 5.41) is 2.08. The fourth-order valence-corrected chi connectivity index (χ4v) is 7.97.